The first kappa shape index (κ1) is 32.4. The highest BCUT2D eigenvalue weighted by Gasteiger charge is 2.20. The number of nitrogens with zero attached hydrogens (tertiary/aromatic N) is 4. The average Bonchev–Trinajstić information content (AvgIpc) is 3.85. The zero-order chi connectivity index (χ0) is 38.2. The van der Waals surface area contributed by atoms with Crippen molar-refractivity contribution in [3.8, 4) is 50.7 Å². The highest BCUT2D eigenvalue weighted by Crippen LogP contribution is 2.41. The maximum atomic E-state index is 5.46. The van der Waals surface area contributed by atoms with E-state index < -0.39 is 0 Å². The van der Waals surface area contributed by atoms with Gasteiger partial charge in [0, 0.05) is 38.1 Å². The molecule has 0 amide bonds. The SMILES string of the molecule is c1ccc(-c2cccc(-c3cc(-c4cccc(-c5ccccc5)c4)nc(-n4c5ccccc5c5cc6c7ccccc7n7c8ccccc8cc7c6cc54)n3)c2)cc1. The lowest BCUT2D eigenvalue weighted by Crippen LogP contribution is -2.04. The van der Waals surface area contributed by atoms with Gasteiger partial charge < -0.3 is 4.40 Å². The van der Waals surface area contributed by atoms with Crippen LogP contribution in [0.3, 0.4) is 0 Å². The maximum absolute atomic E-state index is 5.46. The van der Waals surface area contributed by atoms with E-state index in [1.54, 1.807) is 0 Å². The van der Waals surface area contributed by atoms with Gasteiger partial charge in [-0.15, -0.1) is 0 Å². The van der Waals surface area contributed by atoms with Gasteiger partial charge in [-0.25, -0.2) is 9.97 Å². The standard InChI is InChI=1S/C54H34N4/c1-3-15-35(16-4-1)37-20-13-22-39(29-37)47-34-48(40-23-14-21-38(30-40)36-17-5-2-6-18-36)56-54(55-47)58-51-28-12-9-25-43(51)45-32-44-42-24-8-11-27-50(42)57-49-26-10-7-19-41(49)31-52(57)46(44)33-53(45)58/h1-34H. The van der Waals surface area contributed by atoms with E-state index in [2.05, 4.69) is 215 Å². The molecule has 0 saturated heterocycles. The lowest BCUT2D eigenvalue weighted by atomic mass is 9.99. The van der Waals surface area contributed by atoms with Crippen LogP contribution in [0.15, 0.2) is 206 Å². The first-order valence-corrected chi connectivity index (χ1v) is 19.7. The smallest absolute Gasteiger partial charge is 0.235 e. The number of rotatable bonds is 5. The van der Waals surface area contributed by atoms with Crippen LogP contribution in [0.1, 0.15) is 0 Å². The Kier molecular flexibility index (Phi) is 7.20. The van der Waals surface area contributed by atoms with E-state index in [0.29, 0.717) is 5.95 Å². The lowest BCUT2D eigenvalue weighted by molar-refractivity contribution is 0.996. The van der Waals surface area contributed by atoms with E-state index in [9.17, 15) is 0 Å². The summed E-state index contributed by atoms with van der Waals surface area (Å²) in [5.74, 6) is 0.630. The highest BCUT2D eigenvalue weighted by atomic mass is 15.2. The minimum Gasteiger partial charge on any atom is -0.309 e. The molecule has 0 atom stereocenters. The van der Waals surface area contributed by atoms with Crippen molar-refractivity contribution in [2.45, 2.75) is 0 Å². The van der Waals surface area contributed by atoms with Gasteiger partial charge in [0.1, 0.15) is 0 Å². The average molecular weight is 739 g/mol. The third-order valence-corrected chi connectivity index (χ3v) is 11.7. The Labute approximate surface area is 334 Å². The predicted molar refractivity (Wildman–Crippen MR) is 242 cm³/mol. The summed E-state index contributed by atoms with van der Waals surface area (Å²) in [7, 11) is 0. The summed E-state index contributed by atoms with van der Waals surface area (Å²) in [6.45, 7) is 0. The molecule has 4 nitrogen and oxygen atoms in total. The van der Waals surface area contributed by atoms with Crippen LogP contribution in [-0.2, 0) is 0 Å². The molecule has 0 radical (unpaired) electrons. The summed E-state index contributed by atoms with van der Waals surface area (Å²) in [4.78, 5) is 10.9. The van der Waals surface area contributed by atoms with E-state index >= 15 is 0 Å². The second-order valence-electron chi connectivity index (χ2n) is 15.0. The van der Waals surface area contributed by atoms with Crippen molar-refractivity contribution < 1.29 is 0 Å². The van der Waals surface area contributed by atoms with Gasteiger partial charge in [0.2, 0.25) is 5.95 Å². The molecule has 0 aliphatic rings. The van der Waals surface area contributed by atoms with E-state index in [-0.39, 0.29) is 0 Å². The van der Waals surface area contributed by atoms with Gasteiger partial charge in [-0.1, -0.05) is 152 Å². The van der Waals surface area contributed by atoms with Gasteiger partial charge >= 0.3 is 0 Å². The van der Waals surface area contributed by atoms with E-state index in [0.717, 1.165) is 50.1 Å². The van der Waals surface area contributed by atoms with Gasteiger partial charge in [-0.2, -0.15) is 0 Å². The molecule has 4 aromatic heterocycles. The van der Waals surface area contributed by atoms with Crippen LogP contribution in [0.25, 0.3) is 111 Å². The molecule has 4 heteroatoms. The molecule has 270 valence electrons. The summed E-state index contributed by atoms with van der Waals surface area (Å²) in [5, 5.41) is 7.19. The maximum Gasteiger partial charge on any atom is 0.235 e. The Hall–Kier alpha value is -7.82. The number of pyridine rings is 1. The molecule has 12 rings (SSSR count). The number of fused-ring (bicyclic) bond motifs is 11. The third kappa shape index (κ3) is 5.09. The summed E-state index contributed by atoms with van der Waals surface area (Å²) in [5.41, 5.74) is 14.1. The Bertz CT molecular complexity index is 3460. The van der Waals surface area contributed by atoms with Crippen molar-refractivity contribution in [2.24, 2.45) is 0 Å². The van der Waals surface area contributed by atoms with Gasteiger partial charge in [-0.05, 0) is 82.2 Å². The van der Waals surface area contributed by atoms with Crippen LogP contribution in [-0.4, -0.2) is 18.9 Å². The van der Waals surface area contributed by atoms with Crippen molar-refractivity contribution in [1.29, 1.82) is 0 Å². The first-order chi connectivity index (χ1) is 28.7. The first-order valence-electron chi connectivity index (χ1n) is 19.7. The largest absolute Gasteiger partial charge is 0.309 e. The van der Waals surface area contributed by atoms with Crippen LogP contribution in [0.4, 0.5) is 0 Å². The fraction of sp³-hybridized carbons (Fsp3) is 0. The molecular formula is C54H34N4. The molecule has 0 bridgehead atoms. The second kappa shape index (κ2) is 12.9. The Morgan fingerprint density at radius 3 is 1.43 bits per heavy atom. The predicted octanol–water partition coefficient (Wildman–Crippen LogP) is 14.0. The minimum absolute atomic E-state index is 0.630. The van der Waals surface area contributed by atoms with Gasteiger partial charge in [0.15, 0.2) is 0 Å². The molecule has 0 saturated carbocycles. The van der Waals surface area contributed by atoms with E-state index in [4.69, 9.17) is 9.97 Å². The molecule has 12 aromatic rings. The zero-order valence-electron chi connectivity index (χ0n) is 31.4. The summed E-state index contributed by atoms with van der Waals surface area (Å²) in [6, 6.07) is 73.8. The molecule has 0 aliphatic heterocycles. The Balaban J connectivity index is 1.16. The monoisotopic (exact) mass is 738 g/mol. The summed E-state index contributed by atoms with van der Waals surface area (Å²) in [6.07, 6.45) is 0. The third-order valence-electron chi connectivity index (χ3n) is 11.7. The molecule has 0 fully saturated rings. The lowest BCUT2D eigenvalue weighted by Gasteiger charge is -2.14. The fourth-order valence-corrected chi connectivity index (χ4v) is 8.98. The number of para-hydroxylation sites is 3. The van der Waals surface area contributed by atoms with Crippen LogP contribution in [0.5, 0.6) is 0 Å². The summed E-state index contributed by atoms with van der Waals surface area (Å²) < 4.78 is 4.69. The van der Waals surface area contributed by atoms with E-state index in [1.807, 2.05) is 0 Å². The molecule has 0 unspecified atom stereocenters. The van der Waals surface area contributed by atoms with Gasteiger partial charge in [-0.3, -0.25) is 4.57 Å². The van der Waals surface area contributed by atoms with Crippen molar-refractivity contribution >= 4 is 59.9 Å². The van der Waals surface area contributed by atoms with Crippen LogP contribution >= 0.6 is 0 Å². The molecule has 8 aromatic carbocycles. The number of benzene rings is 8. The summed E-state index contributed by atoms with van der Waals surface area (Å²) >= 11 is 0. The minimum atomic E-state index is 0.630. The topological polar surface area (TPSA) is 35.1 Å². The Morgan fingerprint density at radius 1 is 0.276 bits per heavy atom. The van der Waals surface area contributed by atoms with Crippen LogP contribution in [0, 0.1) is 0 Å². The van der Waals surface area contributed by atoms with Gasteiger partial charge in [0.25, 0.3) is 0 Å². The molecular weight excluding hydrogens is 705 g/mol. The van der Waals surface area contributed by atoms with E-state index in [1.165, 1.54) is 54.6 Å². The number of hydrogen-bond donors (Lipinski definition) is 0. The molecule has 0 aliphatic carbocycles. The molecule has 0 N–H and O–H groups in total. The van der Waals surface area contributed by atoms with Crippen molar-refractivity contribution in [2.75, 3.05) is 0 Å². The number of aromatic nitrogens is 4. The van der Waals surface area contributed by atoms with Crippen molar-refractivity contribution in [3.63, 3.8) is 0 Å². The van der Waals surface area contributed by atoms with Gasteiger partial charge in [0.05, 0.1) is 39.0 Å². The fourth-order valence-electron chi connectivity index (χ4n) is 8.98. The molecule has 58 heavy (non-hydrogen) atoms. The Morgan fingerprint density at radius 2 is 0.776 bits per heavy atom. The van der Waals surface area contributed by atoms with Crippen molar-refractivity contribution in [3.05, 3.63) is 206 Å². The zero-order valence-corrected chi connectivity index (χ0v) is 31.4. The quantitative estimate of drug-likeness (QED) is 0.165. The molecule has 0 spiro atoms. The highest BCUT2D eigenvalue weighted by molar-refractivity contribution is 6.22. The number of hydrogen-bond acceptors (Lipinski definition) is 2. The van der Waals surface area contributed by atoms with Crippen molar-refractivity contribution in [1.82, 2.24) is 18.9 Å². The second-order valence-corrected chi connectivity index (χ2v) is 15.0. The van der Waals surface area contributed by atoms with Crippen LogP contribution < -0.4 is 0 Å². The normalized spacial score (nSPS) is 11.8. The van der Waals surface area contributed by atoms with Crippen LogP contribution in [0.2, 0.25) is 0 Å². The molecule has 4 heterocycles.